The Labute approximate surface area is 126 Å². The van der Waals surface area contributed by atoms with Crippen LogP contribution in [0.5, 0.6) is 0 Å². The first-order chi connectivity index (χ1) is 10.1. The number of nitrogens with one attached hydrogen (secondary N) is 1. The molecule has 1 aliphatic carbocycles. The largest absolute Gasteiger partial charge is 0.381 e. The molecule has 2 aliphatic heterocycles. The number of nitrogens with zero attached hydrogens (tertiary/aromatic N) is 1. The van der Waals surface area contributed by atoms with Crippen LogP contribution < -0.4 is 5.32 Å². The first-order valence-electron chi connectivity index (χ1n) is 8.28. The van der Waals surface area contributed by atoms with Crippen LogP contribution in [0.1, 0.15) is 52.4 Å². The van der Waals surface area contributed by atoms with E-state index in [2.05, 4.69) is 5.32 Å². The molecule has 5 nitrogen and oxygen atoms in total. The van der Waals surface area contributed by atoms with Gasteiger partial charge in [-0.1, -0.05) is 26.7 Å². The van der Waals surface area contributed by atoms with Crippen molar-refractivity contribution in [3.8, 4) is 0 Å². The summed E-state index contributed by atoms with van der Waals surface area (Å²) in [5.41, 5.74) is -0.610. The van der Waals surface area contributed by atoms with Crippen LogP contribution in [-0.2, 0) is 14.3 Å². The van der Waals surface area contributed by atoms with Gasteiger partial charge in [-0.25, -0.2) is 0 Å². The van der Waals surface area contributed by atoms with Crippen LogP contribution in [0, 0.1) is 5.92 Å². The van der Waals surface area contributed by atoms with Gasteiger partial charge in [-0.05, 0) is 31.6 Å². The monoisotopic (exact) mass is 294 g/mol. The maximum atomic E-state index is 13.2. The molecule has 3 rings (SSSR count). The number of ether oxygens (including phenoxy) is 1. The smallest absolute Gasteiger partial charge is 0.249 e. The highest BCUT2D eigenvalue weighted by atomic mass is 16.5. The van der Waals surface area contributed by atoms with Crippen molar-refractivity contribution in [2.75, 3.05) is 13.2 Å². The van der Waals surface area contributed by atoms with Crippen molar-refractivity contribution in [2.24, 2.45) is 5.92 Å². The second-order valence-electron chi connectivity index (χ2n) is 7.02. The van der Waals surface area contributed by atoms with Crippen LogP contribution in [-0.4, -0.2) is 47.6 Å². The third kappa shape index (κ3) is 2.45. The molecule has 118 valence electrons. The number of rotatable bonds is 2. The Bertz CT molecular complexity index is 423. The van der Waals surface area contributed by atoms with Gasteiger partial charge in [-0.3, -0.25) is 9.59 Å². The molecule has 1 saturated carbocycles. The fourth-order valence-corrected chi connectivity index (χ4v) is 4.16. The van der Waals surface area contributed by atoms with Crippen molar-refractivity contribution in [1.82, 2.24) is 10.2 Å². The summed E-state index contributed by atoms with van der Waals surface area (Å²) in [4.78, 5) is 27.8. The van der Waals surface area contributed by atoms with E-state index in [4.69, 9.17) is 4.74 Å². The standard InChI is InChI=1S/C16H26N2O3/c1-11(2)13-14(19)17-16(7-3-4-8-16)15(20)18(13)12-5-9-21-10-6-12/h11-13H,3-10H2,1-2H3,(H,17,19). The van der Waals surface area contributed by atoms with Gasteiger partial charge >= 0.3 is 0 Å². The molecule has 0 bridgehead atoms. The molecule has 0 aromatic carbocycles. The number of piperazine rings is 1. The van der Waals surface area contributed by atoms with E-state index in [9.17, 15) is 9.59 Å². The van der Waals surface area contributed by atoms with E-state index in [1.807, 2.05) is 18.7 Å². The Morgan fingerprint density at radius 1 is 1.19 bits per heavy atom. The van der Waals surface area contributed by atoms with E-state index in [0.717, 1.165) is 38.5 Å². The van der Waals surface area contributed by atoms with Crippen molar-refractivity contribution >= 4 is 11.8 Å². The zero-order valence-electron chi connectivity index (χ0n) is 13.1. The van der Waals surface area contributed by atoms with Gasteiger partial charge < -0.3 is 15.0 Å². The summed E-state index contributed by atoms with van der Waals surface area (Å²) in [5, 5.41) is 3.08. The lowest BCUT2D eigenvalue weighted by molar-refractivity contribution is -0.162. The molecule has 0 aromatic rings. The third-order valence-corrected chi connectivity index (χ3v) is 5.25. The minimum absolute atomic E-state index is 0.0398. The zero-order chi connectivity index (χ0) is 15.0. The molecule has 1 spiro atoms. The fraction of sp³-hybridized carbons (Fsp3) is 0.875. The molecule has 3 fully saturated rings. The van der Waals surface area contributed by atoms with Crippen molar-refractivity contribution in [3.05, 3.63) is 0 Å². The first-order valence-corrected chi connectivity index (χ1v) is 8.28. The lowest BCUT2D eigenvalue weighted by Gasteiger charge is -2.49. The molecule has 2 saturated heterocycles. The van der Waals surface area contributed by atoms with Crippen molar-refractivity contribution < 1.29 is 14.3 Å². The van der Waals surface area contributed by atoms with Crippen LogP contribution in [0.2, 0.25) is 0 Å². The summed E-state index contributed by atoms with van der Waals surface area (Å²) in [5.74, 6) is 0.332. The second-order valence-corrected chi connectivity index (χ2v) is 7.02. The van der Waals surface area contributed by atoms with E-state index in [1.54, 1.807) is 0 Å². The molecule has 0 radical (unpaired) electrons. The normalized spacial score (nSPS) is 30.2. The van der Waals surface area contributed by atoms with Gasteiger partial charge in [-0.2, -0.15) is 0 Å². The van der Waals surface area contributed by atoms with Gasteiger partial charge in [0.05, 0.1) is 0 Å². The zero-order valence-corrected chi connectivity index (χ0v) is 13.1. The Kier molecular flexibility index (Phi) is 3.95. The molecule has 2 amide bonds. The van der Waals surface area contributed by atoms with Crippen molar-refractivity contribution in [1.29, 1.82) is 0 Å². The van der Waals surface area contributed by atoms with E-state index in [-0.39, 0.29) is 29.8 Å². The van der Waals surface area contributed by atoms with Crippen molar-refractivity contribution in [2.45, 2.75) is 70.0 Å². The Morgan fingerprint density at radius 3 is 2.38 bits per heavy atom. The second kappa shape index (κ2) is 5.59. The Balaban J connectivity index is 1.92. The average Bonchev–Trinajstić information content (AvgIpc) is 2.92. The van der Waals surface area contributed by atoms with E-state index in [1.165, 1.54) is 0 Å². The fourth-order valence-electron chi connectivity index (χ4n) is 4.16. The molecule has 0 aromatic heterocycles. The van der Waals surface area contributed by atoms with Gasteiger partial charge in [0.1, 0.15) is 11.6 Å². The van der Waals surface area contributed by atoms with Crippen LogP contribution in [0.25, 0.3) is 0 Å². The van der Waals surface area contributed by atoms with Gasteiger partial charge in [0, 0.05) is 19.3 Å². The maximum absolute atomic E-state index is 13.2. The number of amides is 2. The number of hydrogen-bond donors (Lipinski definition) is 1. The number of carbonyl (C=O) groups is 2. The van der Waals surface area contributed by atoms with Gasteiger partial charge in [0.15, 0.2) is 0 Å². The highest BCUT2D eigenvalue weighted by Crippen LogP contribution is 2.37. The number of hydrogen-bond acceptors (Lipinski definition) is 3. The summed E-state index contributed by atoms with van der Waals surface area (Å²) in [6.07, 6.45) is 5.33. The molecular weight excluding hydrogens is 268 g/mol. The maximum Gasteiger partial charge on any atom is 0.249 e. The van der Waals surface area contributed by atoms with Gasteiger partial charge in [-0.15, -0.1) is 0 Å². The first kappa shape index (κ1) is 14.8. The van der Waals surface area contributed by atoms with Crippen LogP contribution >= 0.6 is 0 Å². The van der Waals surface area contributed by atoms with E-state index < -0.39 is 5.54 Å². The predicted molar refractivity (Wildman–Crippen MR) is 78.7 cm³/mol. The molecular formula is C16H26N2O3. The minimum Gasteiger partial charge on any atom is -0.381 e. The lowest BCUT2D eigenvalue weighted by atomic mass is 9.85. The third-order valence-electron chi connectivity index (χ3n) is 5.25. The molecule has 1 unspecified atom stereocenters. The molecule has 21 heavy (non-hydrogen) atoms. The summed E-state index contributed by atoms with van der Waals surface area (Å²) in [6.45, 7) is 5.43. The molecule has 5 heteroatoms. The van der Waals surface area contributed by atoms with Gasteiger partial charge in [0.2, 0.25) is 11.8 Å². The van der Waals surface area contributed by atoms with E-state index >= 15 is 0 Å². The highest BCUT2D eigenvalue weighted by molar-refractivity contribution is 6.00. The van der Waals surface area contributed by atoms with Gasteiger partial charge in [0.25, 0.3) is 0 Å². The molecule has 3 aliphatic rings. The Morgan fingerprint density at radius 2 is 1.81 bits per heavy atom. The quantitative estimate of drug-likeness (QED) is 0.839. The molecule has 1 N–H and O–H groups in total. The average molecular weight is 294 g/mol. The lowest BCUT2D eigenvalue weighted by Crippen LogP contribution is -2.72. The topological polar surface area (TPSA) is 58.6 Å². The van der Waals surface area contributed by atoms with Crippen molar-refractivity contribution in [3.63, 3.8) is 0 Å². The van der Waals surface area contributed by atoms with Crippen LogP contribution in [0.4, 0.5) is 0 Å². The Hall–Kier alpha value is -1.10. The number of carbonyl (C=O) groups excluding carboxylic acids is 2. The summed E-state index contributed by atoms with van der Waals surface area (Å²) in [7, 11) is 0. The molecule has 2 heterocycles. The summed E-state index contributed by atoms with van der Waals surface area (Å²) < 4.78 is 5.43. The summed E-state index contributed by atoms with van der Waals surface area (Å²) in [6, 6.07) is -0.172. The molecule has 1 atom stereocenters. The highest BCUT2D eigenvalue weighted by Gasteiger charge is 2.54. The predicted octanol–water partition coefficient (Wildman–Crippen LogP) is 1.46. The van der Waals surface area contributed by atoms with Crippen LogP contribution in [0.3, 0.4) is 0 Å². The SMILES string of the molecule is CC(C)C1C(=O)NC2(CCCC2)C(=O)N1C1CCOCC1. The van der Waals surface area contributed by atoms with Crippen LogP contribution in [0.15, 0.2) is 0 Å². The summed E-state index contributed by atoms with van der Waals surface area (Å²) >= 11 is 0. The minimum atomic E-state index is -0.610. The van der Waals surface area contributed by atoms with E-state index in [0.29, 0.717) is 13.2 Å².